The average Bonchev–Trinajstić information content (AvgIpc) is 2.51. The van der Waals surface area contributed by atoms with Gasteiger partial charge >= 0.3 is 12.2 Å². The van der Waals surface area contributed by atoms with Crippen LogP contribution in [0.25, 0.3) is 0 Å². The summed E-state index contributed by atoms with van der Waals surface area (Å²) in [5.41, 5.74) is 0.369. The van der Waals surface area contributed by atoms with Crippen LogP contribution in [0.3, 0.4) is 0 Å². The molecule has 6 nitrogen and oxygen atoms in total. The molecule has 6 heteroatoms. The highest BCUT2D eigenvalue weighted by molar-refractivity contribution is 6.09. The third-order valence-corrected chi connectivity index (χ3v) is 2.78. The number of hydrogen-bond acceptors (Lipinski definition) is 5. The monoisotopic (exact) mass is 323 g/mol. The van der Waals surface area contributed by atoms with Gasteiger partial charge in [0.05, 0.1) is 26.0 Å². The maximum absolute atomic E-state index is 12.3. The molecule has 0 radical (unpaired) electrons. The van der Waals surface area contributed by atoms with Crippen LogP contribution in [-0.4, -0.2) is 32.5 Å². The predicted molar refractivity (Wildman–Crippen MR) is 87.8 cm³/mol. The summed E-state index contributed by atoms with van der Waals surface area (Å²) in [5.74, 6) is 0.964. The van der Waals surface area contributed by atoms with Gasteiger partial charge in [-0.3, -0.25) is 0 Å². The van der Waals surface area contributed by atoms with E-state index in [2.05, 4.69) is 0 Å². The van der Waals surface area contributed by atoms with Crippen molar-refractivity contribution in [3.05, 3.63) is 24.3 Å². The second kappa shape index (κ2) is 9.02. The van der Waals surface area contributed by atoms with Crippen LogP contribution in [0.4, 0.5) is 15.3 Å². The van der Waals surface area contributed by atoms with Crippen molar-refractivity contribution in [2.75, 3.05) is 25.2 Å². The van der Waals surface area contributed by atoms with Crippen LogP contribution >= 0.6 is 0 Å². The van der Waals surface area contributed by atoms with Crippen molar-refractivity contribution in [2.45, 2.75) is 27.7 Å². The van der Waals surface area contributed by atoms with Crippen LogP contribution in [0.15, 0.2) is 24.3 Å². The molecule has 0 aliphatic heterocycles. The Hall–Kier alpha value is -2.24. The van der Waals surface area contributed by atoms with Gasteiger partial charge in [-0.05, 0) is 36.1 Å². The standard InChI is InChI=1S/C17H25NO5/c1-12(2)10-22-16(19)18(17(20)23-11-13(3)4)14-6-8-15(21-5)9-7-14/h6-9,12-13H,10-11H2,1-5H3. The maximum atomic E-state index is 12.3. The zero-order valence-corrected chi connectivity index (χ0v) is 14.4. The summed E-state index contributed by atoms with van der Waals surface area (Å²) in [6, 6.07) is 6.53. The molecule has 0 fully saturated rings. The van der Waals surface area contributed by atoms with Crippen LogP contribution in [0, 0.1) is 11.8 Å². The number of anilines is 1. The first-order valence-corrected chi connectivity index (χ1v) is 7.62. The summed E-state index contributed by atoms with van der Waals surface area (Å²) in [7, 11) is 1.54. The SMILES string of the molecule is COc1ccc(N(C(=O)OCC(C)C)C(=O)OCC(C)C)cc1. The fraction of sp³-hybridized carbons (Fsp3) is 0.529. The second-order valence-corrected chi connectivity index (χ2v) is 5.97. The number of carbonyl (C=O) groups is 2. The van der Waals surface area contributed by atoms with Crippen molar-refractivity contribution in [1.29, 1.82) is 0 Å². The molecule has 1 aromatic carbocycles. The summed E-state index contributed by atoms with van der Waals surface area (Å²) in [4.78, 5) is 25.4. The lowest BCUT2D eigenvalue weighted by Crippen LogP contribution is -2.39. The molecular formula is C17H25NO5. The smallest absolute Gasteiger partial charge is 0.424 e. The van der Waals surface area contributed by atoms with E-state index in [1.807, 2.05) is 27.7 Å². The highest BCUT2D eigenvalue weighted by atomic mass is 16.6. The van der Waals surface area contributed by atoms with Gasteiger partial charge in [-0.1, -0.05) is 27.7 Å². The van der Waals surface area contributed by atoms with Gasteiger partial charge in [0.25, 0.3) is 0 Å². The number of ether oxygens (including phenoxy) is 3. The Morgan fingerprint density at radius 3 is 1.70 bits per heavy atom. The molecule has 0 aliphatic carbocycles. The number of benzene rings is 1. The fourth-order valence-electron chi connectivity index (χ4n) is 1.62. The topological polar surface area (TPSA) is 65.1 Å². The minimum absolute atomic E-state index is 0.170. The molecule has 1 rings (SSSR count). The highest BCUT2D eigenvalue weighted by Crippen LogP contribution is 2.21. The molecule has 0 saturated carbocycles. The number of carbonyl (C=O) groups excluding carboxylic acids is 2. The fourth-order valence-corrected chi connectivity index (χ4v) is 1.62. The Morgan fingerprint density at radius 2 is 1.35 bits per heavy atom. The Balaban J connectivity index is 2.94. The molecule has 0 unspecified atom stereocenters. The molecule has 0 atom stereocenters. The van der Waals surface area contributed by atoms with E-state index in [9.17, 15) is 9.59 Å². The summed E-state index contributed by atoms with van der Waals surface area (Å²) < 4.78 is 15.4. The van der Waals surface area contributed by atoms with Gasteiger partial charge < -0.3 is 14.2 Å². The van der Waals surface area contributed by atoms with E-state index >= 15 is 0 Å². The lowest BCUT2D eigenvalue weighted by Gasteiger charge is -2.21. The van der Waals surface area contributed by atoms with Crippen molar-refractivity contribution in [2.24, 2.45) is 11.8 Å². The van der Waals surface area contributed by atoms with E-state index < -0.39 is 12.2 Å². The van der Waals surface area contributed by atoms with Crippen molar-refractivity contribution >= 4 is 17.9 Å². The van der Waals surface area contributed by atoms with E-state index in [4.69, 9.17) is 14.2 Å². The maximum Gasteiger partial charge on any atom is 0.424 e. The molecule has 23 heavy (non-hydrogen) atoms. The van der Waals surface area contributed by atoms with Crippen LogP contribution < -0.4 is 9.64 Å². The molecule has 0 bridgehead atoms. The van der Waals surface area contributed by atoms with Crippen molar-refractivity contribution in [3.63, 3.8) is 0 Å². The first kappa shape index (κ1) is 18.8. The highest BCUT2D eigenvalue weighted by Gasteiger charge is 2.27. The Kier molecular flexibility index (Phi) is 7.38. The van der Waals surface area contributed by atoms with Crippen molar-refractivity contribution in [1.82, 2.24) is 0 Å². The van der Waals surface area contributed by atoms with E-state index in [-0.39, 0.29) is 25.0 Å². The van der Waals surface area contributed by atoms with Crippen molar-refractivity contribution in [3.8, 4) is 5.75 Å². The third-order valence-electron chi connectivity index (χ3n) is 2.78. The quantitative estimate of drug-likeness (QED) is 0.789. The first-order valence-electron chi connectivity index (χ1n) is 7.62. The van der Waals surface area contributed by atoms with E-state index in [0.29, 0.717) is 11.4 Å². The van der Waals surface area contributed by atoms with E-state index in [0.717, 1.165) is 4.90 Å². The van der Waals surface area contributed by atoms with E-state index in [1.54, 1.807) is 31.4 Å². The van der Waals surface area contributed by atoms with Gasteiger partial charge in [-0.15, -0.1) is 0 Å². The van der Waals surface area contributed by atoms with Crippen LogP contribution in [0.5, 0.6) is 5.75 Å². The molecular weight excluding hydrogens is 298 g/mol. The molecule has 0 heterocycles. The number of amides is 2. The van der Waals surface area contributed by atoms with Gasteiger partial charge in [-0.25, -0.2) is 9.59 Å². The third kappa shape index (κ3) is 6.18. The zero-order chi connectivity index (χ0) is 17.4. The first-order chi connectivity index (χ1) is 10.8. The lowest BCUT2D eigenvalue weighted by molar-refractivity contribution is 0.121. The molecule has 2 amide bonds. The normalized spacial score (nSPS) is 10.6. The summed E-state index contributed by atoms with van der Waals surface area (Å²) in [6.45, 7) is 8.13. The van der Waals surface area contributed by atoms with Gasteiger partial charge in [0.2, 0.25) is 0 Å². The Morgan fingerprint density at radius 1 is 0.913 bits per heavy atom. The molecule has 128 valence electrons. The Labute approximate surface area is 137 Å². The van der Waals surface area contributed by atoms with E-state index in [1.165, 1.54) is 0 Å². The largest absolute Gasteiger partial charge is 0.497 e. The minimum Gasteiger partial charge on any atom is -0.497 e. The predicted octanol–water partition coefficient (Wildman–Crippen LogP) is 4.09. The Bertz CT molecular complexity index is 486. The summed E-state index contributed by atoms with van der Waals surface area (Å²) in [5, 5.41) is 0. The number of hydrogen-bond donors (Lipinski definition) is 0. The van der Waals surface area contributed by atoms with Gasteiger partial charge in [0.1, 0.15) is 5.75 Å². The molecule has 0 saturated heterocycles. The van der Waals surface area contributed by atoms with Gasteiger partial charge in [0, 0.05) is 0 Å². The number of methoxy groups -OCH3 is 1. The molecule has 0 aliphatic rings. The van der Waals surface area contributed by atoms with Gasteiger partial charge in [-0.2, -0.15) is 4.90 Å². The van der Waals surface area contributed by atoms with Crippen LogP contribution in [0.1, 0.15) is 27.7 Å². The molecule has 1 aromatic rings. The van der Waals surface area contributed by atoms with Crippen LogP contribution in [-0.2, 0) is 9.47 Å². The van der Waals surface area contributed by atoms with Gasteiger partial charge in [0.15, 0.2) is 0 Å². The summed E-state index contributed by atoms with van der Waals surface area (Å²) >= 11 is 0. The minimum atomic E-state index is -0.752. The second-order valence-electron chi connectivity index (χ2n) is 5.97. The van der Waals surface area contributed by atoms with Crippen LogP contribution in [0.2, 0.25) is 0 Å². The summed E-state index contributed by atoms with van der Waals surface area (Å²) in [6.07, 6.45) is -1.50. The molecule has 0 aromatic heterocycles. The zero-order valence-electron chi connectivity index (χ0n) is 14.4. The number of nitrogens with zero attached hydrogens (tertiary/aromatic N) is 1. The average molecular weight is 323 g/mol. The number of imide groups is 1. The lowest BCUT2D eigenvalue weighted by atomic mass is 10.2. The molecule has 0 spiro atoms. The number of rotatable bonds is 6. The molecule has 0 N–H and O–H groups in total. The van der Waals surface area contributed by atoms with Crippen molar-refractivity contribution < 1.29 is 23.8 Å².